The summed E-state index contributed by atoms with van der Waals surface area (Å²) in [6.07, 6.45) is 6.04. The number of nitrogens with one attached hydrogen (secondary N) is 3. The number of hydrogen-bond donors (Lipinski definition) is 6. The molecule has 9 N–H and O–H groups in total. The summed E-state index contributed by atoms with van der Waals surface area (Å²) < 4.78 is 235. The van der Waals surface area contributed by atoms with Gasteiger partial charge in [0.25, 0.3) is 30.1 Å². The number of hydrogen-bond acceptors (Lipinski definition) is 27. The molecule has 5 aromatic carbocycles. The predicted molar refractivity (Wildman–Crippen MR) is 412 cm³/mol. The van der Waals surface area contributed by atoms with Crippen molar-refractivity contribution < 1.29 is 83.8 Å². The number of alkyl halides is 6. The monoisotopic (exact) mass is 1710 g/mol. The third-order valence-corrected chi connectivity index (χ3v) is 25.2. The molecule has 3 aliphatic rings. The molecule has 16 rings (SSSR count). The van der Waals surface area contributed by atoms with Crippen LogP contribution in [-0.2, 0) is 34.8 Å². The first-order chi connectivity index (χ1) is 55.7. The third-order valence-electron chi connectivity index (χ3n) is 19.4. The normalized spacial score (nSPS) is 14.5. The van der Waals surface area contributed by atoms with Crippen LogP contribution in [0.4, 0.5) is 74.0 Å². The van der Waals surface area contributed by atoms with Crippen LogP contribution in [0.25, 0.3) is 77.9 Å². The van der Waals surface area contributed by atoms with Gasteiger partial charge in [0.2, 0.25) is 0 Å². The van der Waals surface area contributed by atoms with Crippen LogP contribution in [0, 0.1) is 35.7 Å². The number of aryl methyl sites for hydroxylation is 1. The number of rotatable bonds is 20. The summed E-state index contributed by atoms with van der Waals surface area (Å²) in [6, 6.07) is 18.8. The van der Waals surface area contributed by atoms with Gasteiger partial charge in [0.05, 0.1) is 70.2 Å². The maximum absolute atomic E-state index is 15.4. The predicted octanol–water partition coefficient (Wildman–Crippen LogP) is 14.3. The second-order valence-electron chi connectivity index (χ2n) is 27.1. The van der Waals surface area contributed by atoms with Crippen LogP contribution in [0.5, 0.6) is 11.5 Å². The number of aromatic nitrogens is 14. The Balaban J connectivity index is 0.000000146. The van der Waals surface area contributed by atoms with Crippen molar-refractivity contribution in [2.45, 2.75) is 129 Å². The van der Waals surface area contributed by atoms with Crippen molar-refractivity contribution in [3.8, 4) is 51.3 Å². The molecule has 3 aliphatic carbocycles. The van der Waals surface area contributed by atoms with Gasteiger partial charge in [0.1, 0.15) is 119 Å². The largest absolute Gasteiger partial charge is 0.483 e. The zero-order chi connectivity index (χ0) is 83.2. The second kappa shape index (κ2) is 32.5. The molecule has 3 fully saturated rings. The Labute approximate surface area is 665 Å². The van der Waals surface area contributed by atoms with Crippen LogP contribution in [-0.4, -0.2) is 132 Å². The molecule has 0 amide bonds. The number of thiophene rings is 1. The SMILES string of the molecule is COC(=O)c1sccc1S(=O)(=O)Nc1ccc(-c2nn(C3CCCC3)c3ncnc(N)c23)cc1F.Cc1ccc(S(=O)(=O)Nc2ccc(-c3nn(C4CCCC4)c4ncnc(N)c34)cc2F)c2nsnc12.N#Cc1c(OCC(F)(F)F)ccc(S(=O)(=O)Nc2ccc(-c3nn(C4CCCC4)c4ncnc(N)c34)cc2F)c1OCC(F)(F)F. The van der Waals surface area contributed by atoms with E-state index in [2.05, 4.69) is 67.4 Å². The van der Waals surface area contributed by atoms with Gasteiger partial charge in [-0.25, -0.2) is 87.2 Å². The fraction of sp³-hybridized carbons (Fsp3) is 0.292. The summed E-state index contributed by atoms with van der Waals surface area (Å²) in [5.41, 5.74) is 21.5. The molecule has 610 valence electrons. The number of methoxy groups -OCH3 is 1. The van der Waals surface area contributed by atoms with E-state index < -0.39 is 107 Å². The van der Waals surface area contributed by atoms with E-state index in [-0.39, 0.29) is 78.4 Å². The number of carbonyl (C=O) groups excluding carboxylic acids is 1. The Bertz CT molecular complexity index is 6440. The van der Waals surface area contributed by atoms with Crippen molar-refractivity contribution in [2.24, 2.45) is 0 Å². The van der Waals surface area contributed by atoms with Gasteiger partial charge in [-0.1, -0.05) is 62.8 Å². The number of benzene rings is 5. The second-order valence-corrected chi connectivity index (χ2v) is 33.5. The van der Waals surface area contributed by atoms with Crippen molar-refractivity contribution >= 4 is 138 Å². The lowest BCUT2D eigenvalue weighted by molar-refractivity contribution is -0.154. The number of anilines is 6. The smallest absolute Gasteiger partial charge is 0.422 e. The first-order valence-electron chi connectivity index (χ1n) is 35.5. The zero-order valence-electron chi connectivity index (χ0n) is 61.0. The summed E-state index contributed by atoms with van der Waals surface area (Å²) in [5, 5.41) is 26.4. The van der Waals surface area contributed by atoms with E-state index in [1.807, 2.05) is 21.0 Å². The van der Waals surface area contributed by atoms with E-state index >= 15 is 13.2 Å². The molecule has 13 aromatic rings. The Hall–Kier alpha value is -12.2. The number of carbonyl (C=O) groups is 1. The number of nitriles is 1. The molecule has 45 heteroatoms. The molecule has 0 unspecified atom stereocenters. The number of sulfonamides is 3. The van der Waals surface area contributed by atoms with E-state index in [1.54, 1.807) is 22.9 Å². The van der Waals surface area contributed by atoms with Crippen LogP contribution >= 0.6 is 23.1 Å². The lowest BCUT2D eigenvalue weighted by atomic mass is 10.1. The molecule has 0 radical (unpaired) electrons. The topological polar surface area (TPSA) is 442 Å². The van der Waals surface area contributed by atoms with Crippen LogP contribution < -0.4 is 40.8 Å². The minimum absolute atomic E-state index is 0.0267. The number of nitrogen functional groups attached to an aromatic ring is 3. The third kappa shape index (κ3) is 16.9. The standard InChI is InChI=1S/C27H22F7N7O4S.C23H21FN8O2S2.C22H21FN6O4S2/c28-17-9-14(22-21-24(36)37-13-38-25(21)41(39-22)15-3-1-2-4-15)5-6-18(17)40-46(42,43)20-8-7-19(44-11-26(29,30)31)16(10-35)23(20)45-12-27(32,33)34;1-12-6-9-17(21-19(12)29-35-30-21)36(33,34)31-16-8-7-13(10-15(16)24)20-18-22(25)26-11-27-23(18)32(28-20)14-4-2-3-5-14;1-33-22(30)19-16(8-9-34-19)35(31,32)28-15-7-6-12(10-14(15)23)18-17-20(24)25-11-26-21(17)29(27-18)13-4-2-3-5-13/h5-9,13,15,40H,1-4,11-12H2,(H2,36,37,38);6-11,14,31H,2-5H2,1H3,(H2,25,26,27);6-11,13,28H,2-5H2,1H3,(H2,24,25,26). The fourth-order valence-corrected chi connectivity index (χ4v) is 19.5. The highest BCUT2D eigenvalue weighted by atomic mass is 32.2. The van der Waals surface area contributed by atoms with Gasteiger partial charge in [-0.05, 0) is 117 Å². The van der Waals surface area contributed by atoms with Gasteiger partial charge in [0.15, 0.2) is 35.9 Å². The minimum atomic E-state index is -5.03. The molecular weight excluding hydrogens is 1650 g/mol. The van der Waals surface area contributed by atoms with Crippen LogP contribution in [0.3, 0.4) is 0 Å². The van der Waals surface area contributed by atoms with Crippen LogP contribution in [0.2, 0.25) is 0 Å². The van der Waals surface area contributed by atoms with Gasteiger partial charge in [-0.2, -0.15) is 55.6 Å². The van der Waals surface area contributed by atoms with Crippen molar-refractivity contribution in [3.05, 3.63) is 143 Å². The molecule has 0 spiro atoms. The highest BCUT2D eigenvalue weighted by molar-refractivity contribution is 7.93. The number of nitrogens with zero attached hydrogens (tertiary/aromatic N) is 15. The fourth-order valence-electron chi connectivity index (χ4n) is 14.0. The maximum atomic E-state index is 15.4. The van der Waals surface area contributed by atoms with E-state index in [0.717, 1.165) is 125 Å². The number of halogens is 9. The molecule has 3 saturated carbocycles. The van der Waals surface area contributed by atoms with Gasteiger partial charge in [-0.3, -0.25) is 14.2 Å². The van der Waals surface area contributed by atoms with E-state index in [1.165, 1.54) is 72.9 Å². The lowest BCUT2D eigenvalue weighted by Gasteiger charge is -2.18. The van der Waals surface area contributed by atoms with E-state index in [4.69, 9.17) is 27.4 Å². The highest BCUT2D eigenvalue weighted by Crippen LogP contribution is 2.44. The molecular formula is C72H64F9N21O10S5. The number of nitrogens with two attached hydrogens (primary N) is 3. The Kier molecular flexibility index (Phi) is 22.6. The van der Waals surface area contributed by atoms with Gasteiger partial charge in [0, 0.05) is 16.7 Å². The molecule has 0 bridgehead atoms. The average Bonchev–Trinajstić information content (AvgIpc) is 1.65. The molecule has 31 nitrogen and oxygen atoms in total. The minimum Gasteiger partial charge on any atom is -0.483 e. The van der Waals surface area contributed by atoms with Crippen molar-refractivity contribution in [3.63, 3.8) is 0 Å². The molecule has 0 aliphatic heterocycles. The van der Waals surface area contributed by atoms with E-state index in [9.17, 15) is 61.7 Å². The molecule has 8 aromatic heterocycles. The van der Waals surface area contributed by atoms with E-state index in [0.29, 0.717) is 73.3 Å². The molecule has 0 saturated heterocycles. The highest BCUT2D eigenvalue weighted by Gasteiger charge is 2.37. The maximum Gasteiger partial charge on any atom is 0.422 e. The molecule has 0 atom stereocenters. The summed E-state index contributed by atoms with van der Waals surface area (Å²) in [7, 11) is -12.2. The van der Waals surface area contributed by atoms with Crippen molar-refractivity contribution in [2.75, 3.05) is 51.7 Å². The number of ether oxygens (including phenoxy) is 3. The summed E-state index contributed by atoms with van der Waals surface area (Å²) in [4.78, 5) is 35.6. The molecule has 117 heavy (non-hydrogen) atoms. The summed E-state index contributed by atoms with van der Waals surface area (Å²) in [6.45, 7) is -2.22. The Morgan fingerprint density at radius 1 is 0.530 bits per heavy atom. The van der Waals surface area contributed by atoms with Gasteiger partial charge < -0.3 is 31.4 Å². The van der Waals surface area contributed by atoms with Crippen LogP contribution in [0.1, 0.15) is 116 Å². The van der Waals surface area contributed by atoms with Crippen LogP contribution in [0.15, 0.2) is 124 Å². The van der Waals surface area contributed by atoms with Gasteiger partial charge in [-0.15, -0.1) is 11.3 Å². The quantitative estimate of drug-likeness (QED) is 0.0305. The average molecular weight is 1710 g/mol. The first kappa shape index (κ1) is 81.4. The molecule has 8 heterocycles. The summed E-state index contributed by atoms with van der Waals surface area (Å²) >= 11 is 1.84. The zero-order valence-corrected chi connectivity index (χ0v) is 65.1. The van der Waals surface area contributed by atoms with Crippen molar-refractivity contribution in [1.29, 1.82) is 5.26 Å². The first-order valence-corrected chi connectivity index (χ1v) is 41.6. The Morgan fingerprint density at radius 3 is 1.31 bits per heavy atom. The van der Waals surface area contributed by atoms with Crippen molar-refractivity contribution in [1.82, 2.24) is 68.0 Å². The number of fused-ring (bicyclic) bond motifs is 4. The summed E-state index contributed by atoms with van der Waals surface area (Å²) in [5.74, 6) is -5.07. The lowest BCUT2D eigenvalue weighted by Crippen LogP contribution is -2.23. The Morgan fingerprint density at radius 2 is 0.915 bits per heavy atom. The van der Waals surface area contributed by atoms with Gasteiger partial charge >= 0.3 is 18.3 Å². The number of esters is 1.